The van der Waals surface area contributed by atoms with Crippen LogP contribution in [0.15, 0.2) is 60.9 Å². The molecule has 2 aromatic heterocycles. The molecule has 1 aliphatic heterocycles. The number of likely N-dealkylation sites (tertiary alicyclic amines) is 1. The van der Waals surface area contributed by atoms with Crippen molar-refractivity contribution in [1.82, 2.24) is 57.4 Å². The molecule has 25 heteroatoms. The van der Waals surface area contributed by atoms with Gasteiger partial charge in [-0.05, 0) is 112 Å². The summed E-state index contributed by atoms with van der Waals surface area (Å²) in [5.41, 5.74) is 8.85. The number of rotatable bonds is 32. The van der Waals surface area contributed by atoms with E-state index in [4.69, 9.17) is 5.73 Å². The van der Waals surface area contributed by atoms with Crippen LogP contribution in [0.1, 0.15) is 112 Å². The van der Waals surface area contributed by atoms with Gasteiger partial charge in [-0.1, -0.05) is 77.9 Å². The summed E-state index contributed by atoms with van der Waals surface area (Å²) in [5.74, 6) is -7.62. The molecule has 24 nitrogen and oxygen atoms in total. The van der Waals surface area contributed by atoms with Crippen LogP contribution in [0, 0.1) is 17.8 Å². The zero-order valence-corrected chi connectivity index (χ0v) is 51.2. The highest BCUT2D eigenvalue weighted by atomic mass is 32.2. The van der Waals surface area contributed by atoms with Crippen molar-refractivity contribution in [3.05, 3.63) is 72.1 Å². The number of hydrogen-bond acceptors (Lipinski definition) is 13. The Morgan fingerprint density at radius 1 is 0.576 bits per heavy atom. The molecule has 0 unspecified atom stereocenters. The van der Waals surface area contributed by atoms with Gasteiger partial charge in [0.05, 0.1) is 12.1 Å². The molecule has 5 rings (SSSR count). The first kappa shape index (κ1) is 68.3. The fourth-order valence-corrected chi connectivity index (χ4v) is 10.7. The van der Waals surface area contributed by atoms with Crippen molar-refractivity contribution >= 4 is 92.7 Å². The Balaban J connectivity index is 1.41. The maximum Gasteiger partial charge on any atom is 0.328 e. The summed E-state index contributed by atoms with van der Waals surface area (Å²) in [4.78, 5) is 147. The third-order valence-corrected chi connectivity index (χ3v) is 15.4. The molecule has 0 bridgehead atoms. The SMILES string of the molecule is CSCC[C@H](NC(=O)[C@H](CC(C)C)NC(=O)[C@H](CC(C)C)NC(=O)[C@H](Cc1c[nH]c2ccccc12)NC(=O)[C@@H]1CCCN1C(=O)[C@H](Cc1c[nH]c2ccccc12)NC(=O)[C@H](CC(C)C)NC(=O)[C@H](C)N)C(=O)N[C@@H](C)C(=O)N[C@H](C(=O)O)[C@@H](C)O. The standard InChI is InChI=1S/C60H88N12O12S/c1-31(2)24-44(66-51(74)34(7)61)56(79)70-48(28-38-30-63-42-19-14-12-17-40(38)42)59(82)72-22-15-20-49(72)58(81)69-47(27-37-29-62-41-18-13-11-16-39(37)41)57(80)68-46(26-33(5)6)55(78)67-45(25-32(3)4)54(77)65-43(21-23-85-10)53(76)64-35(8)52(75)71-50(36(9)73)60(83)84/h11-14,16-19,29-36,43-50,62-63,73H,15,20-28,61H2,1-10H3,(H,64,76)(H,65,77)(H,66,74)(H,67,78)(H,68,80)(H,69,81)(H,70,79)(H,71,75)(H,83,84)/t34-,35-,36+,43-,44-,45-,46-,47-,48-,49-,50-/m0/s1. The molecule has 11 atom stereocenters. The number of thioether (sulfide) groups is 1. The van der Waals surface area contributed by atoms with Crippen molar-refractivity contribution in [2.75, 3.05) is 18.6 Å². The van der Waals surface area contributed by atoms with Crippen molar-refractivity contribution < 1.29 is 58.2 Å². The van der Waals surface area contributed by atoms with E-state index in [0.29, 0.717) is 17.7 Å². The van der Waals surface area contributed by atoms with Gasteiger partial charge in [-0.25, -0.2) is 4.79 Å². The Morgan fingerprint density at radius 2 is 1.01 bits per heavy atom. The van der Waals surface area contributed by atoms with Crippen LogP contribution in [0.4, 0.5) is 0 Å². The van der Waals surface area contributed by atoms with Gasteiger partial charge in [0.2, 0.25) is 53.2 Å². The van der Waals surface area contributed by atoms with Gasteiger partial charge in [-0.2, -0.15) is 11.8 Å². The number of carbonyl (C=O) groups is 10. The number of aromatic nitrogens is 2. The van der Waals surface area contributed by atoms with Gasteiger partial charge >= 0.3 is 5.97 Å². The number of aliphatic carboxylic acids is 1. The van der Waals surface area contributed by atoms with E-state index in [1.54, 1.807) is 18.6 Å². The fraction of sp³-hybridized carbons (Fsp3) is 0.567. The number of nitrogens with one attached hydrogen (secondary N) is 10. The Bertz CT molecular complexity index is 2980. The van der Waals surface area contributed by atoms with E-state index in [2.05, 4.69) is 52.5 Å². The summed E-state index contributed by atoms with van der Waals surface area (Å²) in [6, 6.07) is 2.74. The third-order valence-electron chi connectivity index (χ3n) is 14.8. The highest BCUT2D eigenvalue weighted by Gasteiger charge is 2.41. The maximum atomic E-state index is 15.1. The average molecular weight is 1200 g/mol. The highest BCUT2D eigenvalue weighted by molar-refractivity contribution is 7.98. The van der Waals surface area contributed by atoms with Gasteiger partial charge in [0, 0.05) is 53.6 Å². The molecule has 14 N–H and O–H groups in total. The number of nitrogens with zero attached hydrogens (tertiary/aromatic N) is 1. The number of amides is 9. The number of nitrogens with two attached hydrogens (primary N) is 1. The molecule has 3 heterocycles. The molecule has 1 saturated heterocycles. The Morgan fingerprint density at radius 3 is 1.47 bits per heavy atom. The first-order valence-electron chi connectivity index (χ1n) is 29.2. The second-order valence-electron chi connectivity index (χ2n) is 23.4. The van der Waals surface area contributed by atoms with Gasteiger partial charge in [0.15, 0.2) is 6.04 Å². The van der Waals surface area contributed by atoms with E-state index in [0.717, 1.165) is 27.4 Å². The third kappa shape index (κ3) is 19.8. The number of H-pyrrole nitrogens is 2. The Kier molecular flexibility index (Phi) is 25.8. The second-order valence-corrected chi connectivity index (χ2v) is 24.4. The molecule has 2 aromatic carbocycles. The predicted molar refractivity (Wildman–Crippen MR) is 324 cm³/mol. The normalized spacial score (nSPS) is 16.9. The first-order chi connectivity index (χ1) is 40.2. The van der Waals surface area contributed by atoms with E-state index >= 15 is 4.79 Å². The van der Waals surface area contributed by atoms with E-state index in [1.807, 2.05) is 90.1 Å². The molecule has 466 valence electrons. The summed E-state index contributed by atoms with van der Waals surface area (Å²) >= 11 is 1.39. The number of aliphatic hydroxyl groups is 1. The minimum absolute atomic E-state index is 0.0249. The van der Waals surface area contributed by atoms with Crippen molar-refractivity contribution in [2.45, 2.75) is 180 Å². The minimum Gasteiger partial charge on any atom is -0.480 e. The lowest BCUT2D eigenvalue weighted by atomic mass is 9.98. The molecule has 4 aromatic rings. The fourth-order valence-electron chi connectivity index (χ4n) is 10.3. The zero-order chi connectivity index (χ0) is 62.8. The monoisotopic (exact) mass is 1200 g/mol. The largest absolute Gasteiger partial charge is 0.480 e. The van der Waals surface area contributed by atoms with Crippen molar-refractivity contribution in [2.24, 2.45) is 23.5 Å². The lowest BCUT2D eigenvalue weighted by Gasteiger charge is -2.31. The molecule has 0 spiro atoms. The summed E-state index contributed by atoms with van der Waals surface area (Å²) in [7, 11) is 0. The number of hydrogen-bond donors (Lipinski definition) is 13. The maximum absolute atomic E-state index is 15.1. The number of para-hydroxylation sites is 2. The average Bonchev–Trinajstić information content (AvgIpc) is 3.33. The second kappa shape index (κ2) is 32.1. The summed E-state index contributed by atoms with van der Waals surface area (Å²) in [6.07, 6.45) is 5.01. The molecule has 0 radical (unpaired) electrons. The Hall–Kier alpha value is -7.51. The van der Waals surface area contributed by atoms with Gasteiger partial charge in [0.25, 0.3) is 0 Å². The molecular weight excluding hydrogens is 1110 g/mol. The minimum atomic E-state index is -1.64. The van der Waals surface area contributed by atoms with Crippen molar-refractivity contribution in [3.63, 3.8) is 0 Å². The zero-order valence-electron chi connectivity index (χ0n) is 50.3. The van der Waals surface area contributed by atoms with Crippen LogP contribution >= 0.6 is 11.8 Å². The van der Waals surface area contributed by atoms with Crippen LogP contribution in [0.3, 0.4) is 0 Å². The number of aliphatic hydroxyl groups excluding tert-OH is 1. The number of aromatic amines is 2. The topological polar surface area (TPSA) is 368 Å². The Labute approximate surface area is 500 Å². The van der Waals surface area contributed by atoms with Crippen LogP contribution in [-0.4, -0.2) is 169 Å². The molecule has 85 heavy (non-hydrogen) atoms. The number of carboxylic acid groups (broad SMARTS) is 1. The van der Waals surface area contributed by atoms with Gasteiger partial charge in [-0.3, -0.25) is 43.2 Å². The number of fused-ring (bicyclic) bond motifs is 2. The molecular formula is C60H88N12O12S. The van der Waals surface area contributed by atoms with E-state index < -0.39 is 126 Å². The van der Waals surface area contributed by atoms with Crippen LogP contribution in [0.25, 0.3) is 21.8 Å². The molecule has 1 fully saturated rings. The van der Waals surface area contributed by atoms with Gasteiger partial charge in [-0.15, -0.1) is 0 Å². The molecule has 0 aliphatic carbocycles. The van der Waals surface area contributed by atoms with Crippen LogP contribution < -0.4 is 48.3 Å². The molecule has 9 amide bonds. The van der Waals surface area contributed by atoms with Crippen molar-refractivity contribution in [1.29, 1.82) is 0 Å². The first-order valence-corrected chi connectivity index (χ1v) is 30.6. The lowest BCUT2D eigenvalue weighted by Crippen LogP contribution is -2.61. The lowest BCUT2D eigenvalue weighted by molar-refractivity contribution is -0.145. The summed E-state index contributed by atoms with van der Waals surface area (Å²) in [5, 5.41) is 42.6. The summed E-state index contributed by atoms with van der Waals surface area (Å²) < 4.78 is 0. The number of carbonyl (C=O) groups excluding carboxylic acids is 9. The van der Waals surface area contributed by atoms with Crippen LogP contribution in [0.5, 0.6) is 0 Å². The molecule has 1 aliphatic rings. The quantitative estimate of drug-likeness (QED) is 0.0333. The number of benzene rings is 2. The predicted octanol–water partition coefficient (Wildman–Crippen LogP) is 2.03. The van der Waals surface area contributed by atoms with Crippen LogP contribution in [-0.2, 0) is 60.8 Å². The van der Waals surface area contributed by atoms with Gasteiger partial charge in [0.1, 0.15) is 48.3 Å². The van der Waals surface area contributed by atoms with Crippen molar-refractivity contribution in [3.8, 4) is 0 Å². The van der Waals surface area contributed by atoms with E-state index in [9.17, 15) is 53.4 Å². The number of carboxylic acids is 1. The molecule has 0 saturated carbocycles. The smallest absolute Gasteiger partial charge is 0.328 e. The van der Waals surface area contributed by atoms with Gasteiger partial charge < -0.3 is 73.3 Å². The highest BCUT2D eigenvalue weighted by Crippen LogP contribution is 2.25. The van der Waals surface area contributed by atoms with E-state index in [1.165, 1.54) is 37.4 Å². The van der Waals surface area contributed by atoms with Crippen LogP contribution in [0.2, 0.25) is 0 Å². The summed E-state index contributed by atoms with van der Waals surface area (Å²) in [6.45, 7) is 15.3. The van der Waals surface area contributed by atoms with E-state index in [-0.39, 0.29) is 69.2 Å².